The first-order valence-electron chi connectivity index (χ1n) is 3.21. The van der Waals surface area contributed by atoms with Crippen LogP contribution in [-0.4, -0.2) is 11.9 Å². The summed E-state index contributed by atoms with van der Waals surface area (Å²) in [6.07, 6.45) is -3.10. The van der Waals surface area contributed by atoms with Gasteiger partial charge in [0.15, 0.2) is 0 Å². The van der Waals surface area contributed by atoms with Gasteiger partial charge in [0, 0.05) is 12.2 Å². The van der Waals surface area contributed by atoms with E-state index in [-0.39, 0.29) is 6.42 Å². The van der Waals surface area contributed by atoms with E-state index in [0.717, 1.165) is 6.42 Å². The van der Waals surface area contributed by atoms with Crippen LogP contribution in [0.1, 0.15) is 25.7 Å². The molecule has 0 aliphatic carbocycles. The first-order valence-corrected chi connectivity index (χ1v) is 3.79. The van der Waals surface area contributed by atoms with E-state index >= 15 is 0 Å². The second-order valence-corrected chi connectivity index (χ2v) is 2.54. The van der Waals surface area contributed by atoms with E-state index in [9.17, 15) is 13.2 Å². The van der Waals surface area contributed by atoms with Crippen molar-refractivity contribution in [1.29, 1.82) is 0 Å². The van der Waals surface area contributed by atoms with Gasteiger partial charge in [-0.25, -0.2) is 0 Å². The molecule has 0 bridgehead atoms. The fourth-order valence-corrected chi connectivity index (χ4v) is 0.808. The topological polar surface area (TPSA) is 0 Å². The SMILES string of the molecule is FC(F)(F)CCCCC[S]. The van der Waals surface area contributed by atoms with E-state index in [1.807, 2.05) is 0 Å². The third kappa shape index (κ3) is 8.14. The number of alkyl halides is 3. The first kappa shape index (κ1) is 10.1. The minimum Gasteiger partial charge on any atom is -0.171 e. The van der Waals surface area contributed by atoms with E-state index in [0.29, 0.717) is 12.2 Å². The molecular formula is C6H10F3S. The molecule has 0 saturated heterocycles. The number of hydrogen-bond donors (Lipinski definition) is 0. The monoisotopic (exact) mass is 171 g/mol. The summed E-state index contributed by atoms with van der Waals surface area (Å²) in [5.74, 6) is 0.567. The molecule has 0 saturated carbocycles. The highest BCUT2D eigenvalue weighted by Crippen LogP contribution is 2.22. The van der Waals surface area contributed by atoms with Gasteiger partial charge in [0.1, 0.15) is 0 Å². The molecule has 1 radical (unpaired) electrons. The molecule has 0 atom stereocenters. The van der Waals surface area contributed by atoms with Crippen LogP contribution < -0.4 is 0 Å². The normalized spacial score (nSPS) is 12.0. The van der Waals surface area contributed by atoms with E-state index in [4.69, 9.17) is 0 Å². The van der Waals surface area contributed by atoms with E-state index < -0.39 is 12.6 Å². The molecule has 0 N–H and O–H groups in total. The molecule has 0 heterocycles. The van der Waals surface area contributed by atoms with Crippen LogP contribution in [0.4, 0.5) is 13.2 Å². The molecule has 0 aromatic rings. The Labute approximate surface area is 64.2 Å². The van der Waals surface area contributed by atoms with Gasteiger partial charge in [-0.3, -0.25) is 0 Å². The molecule has 61 valence electrons. The second kappa shape index (κ2) is 4.88. The highest BCUT2D eigenvalue weighted by Gasteiger charge is 2.25. The van der Waals surface area contributed by atoms with E-state index in [1.165, 1.54) is 0 Å². The maximum Gasteiger partial charge on any atom is 0.389 e. The second-order valence-electron chi connectivity index (χ2n) is 2.13. The Morgan fingerprint density at radius 3 is 2.00 bits per heavy atom. The zero-order valence-corrected chi connectivity index (χ0v) is 6.39. The van der Waals surface area contributed by atoms with Crippen molar-refractivity contribution in [3.05, 3.63) is 0 Å². The lowest BCUT2D eigenvalue weighted by Crippen LogP contribution is -2.06. The van der Waals surface area contributed by atoms with Gasteiger partial charge < -0.3 is 0 Å². The Kier molecular flexibility index (Phi) is 4.95. The molecular weight excluding hydrogens is 161 g/mol. The lowest BCUT2D eigenvalue weighted by molar-refractivity contribution is -0.135. The molecule has 0 aromatic carbocycles. The van der Waals surface area contributed by atoms with Crippen molar-refractivity contribution in [1.82, 2.24) is 0 Å². The average molecular weight is 171 g/mol. The van der Waals surface area contributed by atoms with Crippen molar-refractivity contribution in [3.63, 3.8) is 0 Å². The van der Waals surface area contributed by atoms with Gasteiger partial charge in [0.2, 0.25) is 0 Å². The first-order chi connectivity index (χ1) is 4.56. The van der Waals surface area contributed by atoms with Gasteiger partial charge in [0.25, 0.3) is 0 Å². The number of hydrogen-bond acceptors (Lipinski definition) is 0. The third-order valence-corrected chi connectivity index (χ3v) is 1.39. The van der Waals surface area contributed by atoms with Crippen molar-refractivity contribution in [3.8, 4) is 0 Å². The Balaban J connectivity index is 3.04. The van der Waals surface area contributed by atoms with Crippen LogP contribution in [0, 0.1) is 0 Å². The third-order valence-electron chi connectivity index (χ3n) is 1.10. The van der Waals surface area contributed by atoms with Gasteiger partial charge in [-0.15, -0.1) is 0 Å². The summed E-state index contributed by atoms with van der Waals surface area (Å²) >= 11 is 4.58. The Bertz CT molecular complexity index is 79.6. The summed E-state index contributed by atoms with van der Waals surface area (Å²) in [6.45, 7) is 0. The number of halogens is 3. The molecule has 0 spiro atoms. The van der Waals surface area contributed by atoms with Gasteiger partial charge >= 0.3 is 6.18 Å². The minimum atomic E-state index is -3.98. The standard InChI is InChI=1S/C6H10F3S/c7-6(8,9)4-2-1-3-5-10/h1-5H2. The zero-order valence-electron chi connectivity index (χ0n) is 5.58. The highest BCUT2D eigenvalue weighted by molar-refractivity contribution is 7.80. The van der Waals surface area contributed by atoms with Crippen LogP contribution in [-0.2, 0) is 0 Å². The highest BCUT2D eigenvalue weighted by atomic mass is 32.1. The van der Waals surface area contributed by atoms with Crippen molar-refractivity contribution in [2.75, 3.05) is 5.75 Å². The maximum atomic E-state index is 11.5. The minimum absolute atomic E-state index is 0.222. The quantitative estimate of drug-likeness (QED) is 0.569. The molecule has 0 nitrogen and oxygen atoms in total. The molecule has 0 amide bonds. The largest absolute Gasteiger partial charge is 0.389 e. The van der Waals surface area contributed by atoms with Crippen LogP contribution in [0.25, 0.3) is 0 Å². The maximum absolute atomic E-state index is 11.5. The van der Waals surface area contributed by atoms with E-state index in [2.05, 4.69) is 12.6 Å². The zero-order chi connectivity index (χ0) is 8.04. The van der Waals surface area contributed by atoms with Crippen molar-refractivity contribution in [2.24, 2.45) is 0 Å². The van der Waals surface area contributed by atoms with Gasteiger partial charge in [-0.05, 0) is 12.8 Å². The fraction of sp³-hybridized carbons (Fsp3) is 1.00. The number of rotatable bonds is 4. The molecule has 10 heavy (non-hydrogen) atoms. The molecule has 0 aromatic heterocycles. The molecule has 0 aliphatic rings. The smallest absolute Gasteiger partial charge is 0.171 e. The summed E-state index contributed by atoms with van der Waals surface area (Å²) in [5.41, 5.74) is 0. The average Bonchev–Trinajstić information content (AvgIpc) is 1.78. The van der Waals surface area contributed by atoms with Crippen LogP contribution in [0.5, 0.6) is 0 Å². The Morgan fingerprint density at radius 2 is 1.60 bits per heavy atom. The summed E-state index contributed by atoms with van der Waals surface area (Å²) in [6, 6.07) is 0. The summed E-state index contributed by atoms with van der Waals surface area (Å²) < 4.78 is 34.4. The lowest BCUT2D eigenvalue weighted by atomic mass is 10.2. The lowest BCUT2D eigenvalue weighted by Gasteiger charge is -2.03. The number of unbranched alkanes of at least 4 members (excludes halogenated alkanes) is 2. The van der Waals surface area contributed by atoms with Crippen LogP contribution >= 0.6 is 12.6 Å². The molecule has 0 fully saturated rings. The van der Waals surface area contributed by atoms with Crippen LogP contribution in [0.15, 0.2) is 0 Å². The summed E-state index contributed by atoms with van der Waals surface area (Å²) in [5, 5.41) is 0. The van der Waals surface area contributed by atoms with Crippen molar-refractivity contribution in [2.45, 2.75) is 31.9 Å². The van der Waals surface area contributed by atoms with Crippen LogP contribution in [0.2, 0.25) is 0 Å². The molecule has 0 rings (SSSR count). The van der Waals surface area contributed by atoms with Crippen molar-refractivity contribution < 1.29 is 13.2 Å². The Hall–Kier alpha value is 0.140. The van der Waals surface area contributed by atoms with E-state index in [1.54, 1.807) is 0 Å². The van der Waals surface area contributed by atoms with Gasteiger partial charge in [-0.1, -0.05) is 19.0 Å². The molecule has 4 heteroatoms. The summed E-state index contributed by atoms with van der Waals surface area (Å²) in [7, 11) is 0. The molecule has 0 aliphatic heterocycles. The predicted octanol–water partition coefficient (Wildman–Crippen LogP) is 3.31. The Morgan fingerprint density at radius 1 is 1.00 bits per heavy atom. The molecule has 0 unspecified atom stereocenters. The predicted molar refractivity (Wildman–Crippen MR) is 37.0 cm³/mol. The summed E-state index contributed by atoms with van der Waals surface area (Å²) in [4.78, 5) is 0. The van der Waals surface area contributed by atoms with Crippen molar-refractivity contribution >= 4 is 12.6 Å². The van der Waals surface area contributed by atoms with Gasteiger partial charge in [-0.2, -0.15) is 13.2 Å². The van der Waals surface area contributed by atoms with Gasteiger partial charge in [0.05, 0.1) is 0 Å². The fourth-order valence-electron chi connectivity index (χ4n) is 0.604. The van der Waals surface area contributed by atoms with Crippen LogP contribution in [0.3, 0.4) is 0 Å².